The van der Waals surface area contributed by atoms with E-state index in [4.69, 9.17) is 9.84 Å². The fourth-order valence-corrected chi connectivity index (χ4v) is 1.66. The van der Waals surface area contributed by atoms with Gasteiger partial charge in [0.1, 0.15) is 5.75 Å². The third-order valence-electron chi connectivity index (χ3n) is 2.76. The number of nitrogens with zero attached hydrogens (tertiary/aromatic N) is 1. The lowest BCUT2D eigenvalue weighted by molar-refractivity contribution is -0.131. The molecule has 1 amide bonds. The second-order valence-electron chi connectivity index (χ2n) is 4.49. The quantitative estimate of drug-likeness (QED) is 0.839. The average Bonchev–Trinajstić information content (AvgIpc) is 2.36. The fraction of sp³-hybridized carbons (Fsp3) is 0.500. The second-order valence-corrected chi connectivity index (χ2v) is 4.49. The fourth-order valence-electron chi connectivity index (χ4n) is 1.66. The Bertz CT molecular complexity index is 390. The molecule has 1 N–H and O–H groups in total. The summed E-state index contributed by atoms with van der Waals surface area (Å²) in [5, 5.41) is 9.15. The molecule has 4 heteroatoms. The first-order valence-electron chi connectivity index (χ1n) is 6.08. The van der Waals surface area contributed by atoms with Crippen LogP contribution in [-0.2, 0) is 11.3 Å². The van der Waals surface area contributed by atoms with E-state index in [0.717, 1.165) is 11.3 Å². The molecule has 0 aliphatic carbocycles. The number of ether oxygens (including phenoxy) is 1. The lowest BCUT2D eigenvalue weighted by Crippen LogP contribution is -2.26. The third kappa shape index (κ3) is 4.75. The van der Waals surface area contributed by atoms with E-state index in [2.05, 4.69) is 0 Å². The smallest absolute Gasteiger partial charge is 0.222 e. The maximum atomic E-state index is 11.8. The number of methoxy groups -OCH3 is 1. The van der Waals surface area contributed by atoms with Crippen molar-refractivity contribution < 1.29 is 14.6 Å². The van der Waals surface area contributed by atoms with E-state index in [1.807, 2.05) is 24.3 Å². The highest BCUT2D eigenvalue weighted by molar-refractivity contribution is 5.75. The van der Waals surface area contributed by atoms with Crippen molar-refractivity contribution in [1.82, 2.24) is 4.90 Å². The number of benzene rings is 1. The number of carbonyl (C=O) groups excluding carboxylic acids is 1. The molecule has 100 valence electrons. The van der Waals surface area contributed by atoms with E-state index in [9.17, 15) is 4.79 Å². The monoisotopic (exact) mass is 251 g/mol. The van der Waals surface area contributed by atoms with Crippen molar-refractivity contribution >= 4 is 5.91 Å². The van der Waals surface area contributed by atoms with Gasteiger partial charge in [0.05, 0.1) is 13.2 Å². The standard InChI is InChI=1S/C14H21NO3/c1-11(16)7-8-14(17)15(2)10-12-5-4-6-13(9-12)18-3/h4-6,9,11,16H,7-8,10H2,1-3H3. The zero-order valence-electron chi connectivity index (χ0n) is 11.2. The molecular formula is C14H21NO3. The van der Waals surface area contributed by atoms with Gasteiger partial charge in [-0.3, -0.25) is 4.79 Å². The maximum Gasteiger partial charge on any atom is 0.222 e. The molecule has 1 atom stereocenters. The Labute approximate surface area is 108 Å². The minimum absolute atomic E-state index is 0.0405. The van der Waals surface area contributed by atoms with E-state index < -0.39 is 6.10 Å². The van der Waals surface area contributed by atoms with Gasteiger partial charge in [0, 0.05) is 20.0 Å². The van der Waals surface area contributed by atoms with Crippen molar-refractivity contribution in [2.24, 2.45) is 0 Å². The molecule has 0 aromatic heterocycles. The summed E-state index contributed by atoms with van der Waals surface area (Å²) >= 11 is 0. The van der Waals surface area contributed by atoms with Crippen LogP contribution in [0.15, 0.2) is 24.3 Å². The molecule has 18 heavy (non-hydrogen) atoms. The first-order valence-corrected chi connectivity index (χ1v) is 6.08. The molecular weight excluding hydrogens is 230 g/mol. The summed E-state index contributed by atoms with van der Waals surface area (Å²) in [5.74, 6) is 0.830. The minimum Gasteiger partial charge on any atom is -0.497 e. The van der Waals surface area contributed by atoms with Crippen LogP contribution in [-0.4, -0.2) is 36.2 Å². The van der Waals surface area contributed by atoms with Crippen molar-refractivity contribution in [3.05, 3.63) is 29.8 Å². The average molecular weight is 251 g/mol. The van der Waals surface area contributed by atoms with Crippen LogP contribution in [0.2, 0.25) is 0 Å². The molecule has 0 saturated heterocycles. The largest absolute Gasteiger partial charge is 0.497 e. The molecule has 0 saturated carbocycles. The van der Waals surface area contributed by atoms with Gasteiger partial charge in [-0.1, -0.05) is 12.1 Å². The van der Waals surface area contributed by atoms with E-state index in [1.165, 1.54) is 0 Å². The predicted molar refractivity (Wildman–Crippen MR) is 70.4 cm³/mol. The highest BCUT2D eigenvalue weighted by Crippen LogP contribution is 2.14. The summed E-state index contributed by atoms with van der Waals surface area (Å²) in [6, 6.07) is 7.65. The maximum absolute atomic E-state index is 11.8. The van der Waals surface area contributed by atoms with Crippen LogP contribution in [0, 0.1) is 0 Å². The van der Waals surface area contributed by atoms with Gasteiger partial charge in [-0.05, 0) is 31.0 Å². The van der Waals surface area contributed by atoms with Crippen LogP contribution in [0.4, 0.5) is 0 Å². The van der Waals surface area contributed by atoms with Gasteiger partial charge in [0.15, 0.2) is 0 Å². The summed E-state index contributed by atoms with van der Waals surface area (Å²) in [6.45, 7) is 2.24. The van der Waals surface area contributed by atoms with Crippen LogP contribution in [0.5, 0.6) is 5.75 Å². The zero-order chi connectivity index (χ0) is 13.5. The number of hydrogen-bond acceptors (Lipinski definition) is 3. The highest BCUT2D eigenvalue weighted by Gasteiger charge is 2.10. The molecule has 1 aromatic carbocycles. The normalized spacial score (nSPS) is 12.0. The number of hydrogen-bond donors (Lipinski definition) is 1. The van der Waals surface area contributed by atoms with Crippen LogP contribution >= 0.6 is 0 Å². The predicted octanol–water partition coefficient (Wildman–Crippen LogP) is 1.81. The summed E-state index contributed by atoms with van der Waals surface area (Å²) in [5.41, 5.74) is 1.03. The molecule has 0 radical (unpaired) electrons. The summed E-state index contributed by atoms with van der Waals surface area (Å²) in [7, 11) is 3.39. The van der Waals surface area contributed by atoms with Crippen LogP contribution in [0.1, 0.15) is 25.3 Å². The molecule has 0 aliphatic heterocycles. The van der Waals surface area contributed by atoms with Crippen molar-refractivity contribution in [1.29, 1.82) is 0 Å². The first kappa shape index (κ1) is 14.5. The van der Waals surface area contributed by atoms with Crippen LogP contribution in [0.3, 0.4) is 0 Å². The number of carbonyl (C=O) groups is 1. The Balaban J connectivity index is 2.52. The van der Waals surface area contributed by atoms with Crippen LogP contribution in [0.25, 0.3) is 0 Å². The Morgan fingerprint density at radius 3 is 2.83 bits per heavy atom. The lowest BCUT2D eigenvalue weighted by atomic mass is 10.1. The van der Waals surface area contributed by atoms with E-state index >= 15 is 0 Å². The Kier molecular flexibility index (Phi) is 5.65. The molecule has 0 fully saturated rings. The summed E-state index contributed by atoms with van der Waals surface area (Å²) in [6.07, 6.45) is 0.443. The van der Waals surface area contributed by atoms with Gasteiger partial charge >= 0.3 is 0 Å². The van der Waals surface area contributed by atoms with Gasteiger partial charge in [0.25, 0.3) is 0 Å². The van der Waals surface area contributed by atoms with Gasteiger partial charge in [-0.25, -0.2) is 0 Å². The van der Waals surface area contributed by atoms with Gasteiger partial charge in [0.2, 0.25) is 5.91 Å². The third-order valence-corrected chi connectivity index (χ3v) is 2.76. The lowest BCUT2D eigenvalue weighted by Gasteiger charge is -2.18. The van der Waals surface area contributed by atoms with Crippen molar-refractivity contribution in [2.45, 2.75) is 32.4 Å². The number of rotatable bonds is 6. The molecule has 1 unspecified atom stereocenters. The molecule has 0 aliphatic rings. The number of amides is 1. The Hall–Kier alpha value is -1.55. The molecule has 1 rings (SSSR count). The SMILES string of the molecule is COc1cccc(CN(C)C(=O)CCC(C)O)c1. The van der Waals surface area contributed by atoms with Gasteiger partial charge in [-0.2, -0.15) is 0 Å². The summed E-state index contributed by atoms with van der Waals surface area (Å²) < 4.78 is 5.14. The molecule has 0 heterocycles. The van der Waals surface area contributed by atoms with Crippen molar-refractivity contribution in [3.8, 4) is 5.75 Å². The number of aliphatic hydroxyl groups is 1. The van der Waals surface area contributed by atoms with E-state index in [-0.39, 0.29) is 5.91 Å². The van der Waals surface area contributed by atoms with Gasteiger partial charge < -0.3 is 14.7 Å². The Morgan fingerprint density at radius 2 is 2.22 bits per heavy atom. The Morgan fingerprint density at radius 1 is 1.50 bits per heavy atom. The summed E-state index contributed by atoms with van der Waals surface area (Å²) in [4.78, 5) is 13.5. The molecule has 0 bridgehead atoms. The van der Waals surface area contributed by atoms with Crippen molar-refractivity contribution in [3.63, 3.8) is 0 Å². The van der Waals surface area contributed by atoms with Gasteiger partial charge in [-0.15, -0.1) is 0 Å². The van der Waals surface area contributed by atoms with Crippen LogP contribution < -0.4 is 4.74 Å². The van der Waals surface area contributed by atoms with E-state index in [1.54, 1.807) is 26.0 Å². The molecule has 0 spiro atoms. The topological polar surface area (TPSA) is 49.8 Å². The first-order chi connectivity index (χ1) is 8.52. The minimum atomic E-state index is -0.431. The molecule has 1 aromatic rings. The second kappa shape index (κ2) is 7.01. The number of aliphatic hydroxyl groups excluding tert-OH is 1. The molecule has 4 nitrogen and oxygen atoms in total. The zero-order valence-corrected chi connectivity index (χ0v) is 11.2. The van der Waals surface area contributed by atoms with E-state index in [0.29, 0.717) is 19.4 Å². The highest BCUT2D eigenvalue weighted by atomic mass is 16.5. The van der Waals surface area contributed by atoms with Crippen molar-refractivity contribution in [2.75, 3.05) is 14.2 Å².